The normalized spacial score (nSPS) is 25.4. The molecular weight excluding hydrogens is 228 g/mol. The fraction of sp³-hybridized carbons (Fsp3) is 0.929. The van der Waals surface area contributed by atoms with E-state index in [4.69, 9.17) is 4.74 Å². The van der Waals surface area contributed by atoms with E-state index in [1.807, 2.05) is 25.7 Å². The summed E-state index contributed by atoms with van der Waals surface area (Å²) in [7, 11) is 4.20. The Hall–Kier alpha value is -0.770. The average molecular weight is 256 g/mol. The van der Waals surface area contributed by atoms with Crippen LogP contribution in [0.15, 0.2) is 0 Å². The molecule has 1 fully saturated rings. The van der Waals surface area contributed by atoms with Crippen LogP contribution in [0.1, 0.15) is 47.0 Å². The van der Waals surface area contributed by atoms with Crippen LogP contribution in [0.2, 0.25) is 0 Å². The van der Waals surface area contributed by atoms with E-state index < -0.39 is 5.60 Å². The van der Waals surface area contributed by atoms with Crippen LogP contribution in [-0.2, 0) is 4.74 Å². The van der Waals surface area contributed by atoms with Gasteiger partial charge in [0.25, 0.3) is 0 Å². The Balaban J connectivity index is 2.72. The number of likely N-dealkylation sites (tertiary alicyclic amines) is 1. The molecule has 1 saturated heterocycles. The van der Waals surface area contributed by atoms with Crippen molar-refractivity contribution in [1.29, 1.82) is 0 Å². The highest BCUT2D eigenvalue weighted by atomic mass is 16.6. The molecule has 0 N–H and O–H groups in total. The topological polar surface area (TPSA) is 32.8 Å². The van der Waals surface area contributed by atoms with E-state index in [-0.39, 0.29) is 11.6 Å². The SMILES string of the molecule is CCC1(N(C)C)CCCN(C(=O)OC(C)(C)C)C1. The lowest BCUT2D eigenvalue weighted by Crippen LogP contribution is -2.57. The molecule has 0 aromatic carbocycles. The molecule has 0 saturated carbocycles. The van der Waals surface area contributed by atoms with Crippen molar-refractivity contribution in [3.63, 3.8) is 0 Å². The molecule has 0 radical (unpaired) electrons. The fourth-order valence-corrected chi connectivity index (χ4v) is 2.56. The van der Waals surface area contributed by atoms with Crippen molar-refractivity contribution in [3.8, 4) is 0 Å². The second-order valence-electron chi connectivity index (χ2n) is 6.48. The summed E-state index contributed by atoms with van der Waals surface area (Å²) in [4.78, 5) is 16.2. The maximum absolute atomic E-state index is 12.1. The Kier molecular flexibility index (Phi) is 4.65. The van der Waals surface area contributed by atoms with E-state index in [2.05, 4.69) is 25.9 Å². The Morgan fingerprint density at radius 3 is 2.44 bits per heavy atom. The fourth-order valence-electron chi connectivity index (χ4n) is 2.56. The minimum atomic E-state index is -0.415. The van der Waals surface area contributed by atoms with Crippen LogP contribution in [0.4, 0.5) is 4.79 Å². The van der Waals surface area contributed by atoms with E-state index in [1.165, 1.54) is 0 Å². The van der Waals surface area contributed by atoms with Gasteiger partial charge in [-0.2, -0.15) is 0 Å². The summed E-state index contributed by atoms with van der Waals surface area (Å²) in [6.07, 6.45) is 3.07. The molecule has 0 spiro atoms. The van der Waals surface area contributed by atoms with Gasteiger partial charge in [-0.1, -0.05) is 6.92 Å². The van der Waals surface area contributed by atoms with Crippen molar-refractivity contribution in [2.45, 2.75) is 58.1 Å². The summed E-state index contributed by atoms with van der Waals surface area (Å²) in [6, 6.07) is 0. The molecule has 4 heteroatoms. The summed E-state index contributed by atoms with van der Waals surface area (Å²) in [5.41, 5.74) is -0.309. The number of hydrogen-bond donors (Lipinski definition) is 0. The van der Waals surface area contributed by atoms with E-state index >= 15 is 0 Å². The first-order chi connectivity index (χ1) is 8.20. The van der Waals surface area contributed by atoms with Crippen LogP contribution >= 0.6 is 0 Å². The molecule has 0 aromatic rings. The van der Waals surface area contributed by atoms with Crippen molar-refractivity contribution in [2.75, 3.05) is 27.2 Å². The predicted octanol–water partition coefficient (Wildman–Crippen LogP) is 2.73. The van der Waals surface area contributed by atoms with Gasteiger partial charge in [0.05, 0.1) is 0 Å². The summed E-state index contributed by atoms with van der Waals surface area (Å²) in [5.74, 6) is 0. The second kappa shape index (κ2) is 5.47. The van der Waals surface area contributed by atoms with Crippen molar-refractivity contribution in [3.05, 3.63) is 0 Å². The highest BCUT2D eigenvalue weighted by Crippen LogP contribution is 2.29. The molecule has 0 bridgehead atoms. The summed E-state index contributed by atoms with van der Waals surface area (Å²) < 4.78 is 5.46. The van der Waals surface area contributed by atoms with Crippen LogP contribution in [0.25, 0.3) is 0 Å². The third kappa shape index (κ3) is 3.61. The number of rotatable bonds is 2. The van der Waals surface area contributed by atoms with Crippen LogP contribution in [0, 0.1) is 0 Å². The van der Waals surface area contributed by atoms with Gasteiger partial charge < -0.3 is 14.5 Å². The number of likely N-dealkylation sites (N-methyl/N-ethyl adjacent to an activating group) is 1. The van der Waals surface area contributed by atoms with E-state index in [0.717, 1.165) is 32.4 Å². The van der Waals surface area contributed by atoms with Gasteiger partial charge in [-0.15, -0.1) is 0 Å². The van der Waals surface area contributed by atoms with Gasteiger partial charge in [0.1, 0.15) is 5.60 Å². The molecule has 1 amide bonds. The van der Waals surface area contributed by atoms with E-state index in [0.29, 0.717) is 0 Å². The molecule has 1 aliphatic heterocycles. The number of hydrogen-bond acceptors (Lipinski definition) is 3. The highest BCUT2D eigenvalue weighted by Gasteiger charge is 2.38. The Labute approximate surface area is 111 Å². The summed E-state index contributed by atoms with van der Waals surface area (Å²) >= 11 is 0. The molecule has 1 rings (SSSR count). The van der Waals surface area contributed by atoms with Crippen LogP contribution in [0.5, 0.6) is 0 Å². The van der Waals surface area contributed by atoms with Gasteiger partial charge in [0.15, 0.2) is 0 Å². The van der Waals surface area contributed by atoms with Crippen LogP contribution in [0.3, 0.4) is 0 Å². The number of carbonyl (C=O) groups is 1. The largest absolute Gasteiger partial charge is 0.444 e. The molecule has 18 heavy (non-hydrogen) atoms. The second-order valence-corrected chi connectivity index (χ2v) is 6.48. The van der Waals surface area contributed by atoms with Gasteiger partial charge in [-0.25, -0.2) is 4.79 Å². The van der Waals surface area contributed by atoms with Crippen molar-refractivity contribution < 1.29 is 9.53 Å². The maximum atomic E-state index is 12.1. The molecule has 1 heterocycles. The Bertz CT molecular complexity index is 297. The lowest BCUT2D eigenvalue weighted by atomic mass is 9.85. The smallest absolute Gasteiger partial charge is 0.410 e. The monoisotopic (exact) mass is 256 g/mol. The summed E-state index contributed by atoms with van der Waals surface area (Å²) in [6.45, 7) is 9.50. The molecule has 1 aliphatic rings. The molecular formula is C14H28N2O2. The Morgan fingerprint density at radius 2 is 2.00 bits per heavy atom. The number of nitrogens with zero attached hydrogens (tertiary/aromatic N) is 2. The third-order valence-corrected chi connectivity index (χ3v) is 3.81. The van der Waals surface area contributed by atoms with Gasteiger partial charge in [0.2, 0.25) is 0 Å². The first-order valence-electron chi connectivity index (χ1n) is 6.85. The molecule has 1 atom stereocenters. The predicted molar refractivity (Wildman–Crippen MR) is 73.8 cm³/mol. The van der Waals surface area contributed by atoms with Gasteiger partial charge in [-0.05, 0) is 54.1 Å². The van der Waals surface area contributed by atoms with E-state index in [1.54, 1.807) is 0 Å². The van der Waals surface area contributed by atoms with Gasteiger partial charge in [-0.3, -0.25) is 0 Å². The molecule has 1 unspecified atom stereocenters. The van der Waals surface area contributed by atoms with Crippen molar-refractivity contribution >= 4 is 6.09 Å². The van der Waals surface area contributed by atoms with Crippen LogP contribution < -0.4 is 0 Å². The first kappa shape index (κ1) is 15.3. The van der Waals surface area contributed by atoms with Crippen LogP contribution in [-0.4, -0.2) is 54.2 Å². The molecule has 4 nitrogen and oxygen atoms in total. The number of carbonyl (C=O) groups excluding carboxylic acids is 1. The van der Waals surface area contributed by atoms with Gasteiger partial charge in [0, 0.05) is 18.6 Å². The molecule has 106 valence electrons. The first-order valence-corrected chi connectivity index (χ1v) is 6.85. The minimum Gasteiger partial charge on any atom is -0.444 e. The number of piperidine rings is 1. The van der Waals surface area contributed by atoms with Crippen molar-refractivity contribution in [2.24, 2.45) is 0 Å². The Morgan fingerprint density at radius 1 is 1.39 bits per heavy atom. The lowest BCUT2D eigenvalue weighted by Gasteiger charge is -2.46. The quantitative estimate of drug-likeness (QED) is 0.761. The summed E-state index contributed by atoms with van der Waals surface area (Å²) in [5, 5.41) is 0. The van der Waals surface area contributed by atoms with Crippen molar-refractivity contribution in [1.82, 2.24) is 9.80 Å². The highest BCUT2D eigenvalue weighted by molar-refractivity contribution is 5.68. The molecule has 0 aliphatic carbocycles. The number of amides is 1. The van der Waals surface area contributed by atoms with E-state index in [9.17, 15) is 4.79 Å². The average Bonchev–Trinajstić information content (AvgIpc) is 2.26. The maximum Gasteiger partial charge on any atom is 0.410 e. The number of ether oxygens (including phenoxy) is 1. The minimum absolute atomic E-state index is 0.106. The molecule has 0 aromatic heterocycles. The zero-order valence-electron chi connectivity index (χ0n) is 12.7. The lowest BCUT2D eigenvalue weighted by molar-refractivity contribution is -0.00554. The standard InChI is InChI=1S/C14H28N2O2/c1-7-14(15(5)6)9-8-10-16(11-14)12(17)18-13(2,3)4/h7-11H2,1-6H3. The third-order valence-electron chi connectivity index (χ3n) is 3.81. The van der Waals surface area contributed by atoms with Gasteiger partial charge >= 0.3 is 6.09 Å². The zero-order chi connectivity index (χ0) is 14.0. The zero-order valence-corrected chi connectivity index (χ0v) is 12.7.